The molecule has 0 spiro atoms. The largest absolute Gasteiger partial charge is 0.371 e. The van der Waals surface area contributed by atoms with Crippen molar-refractivity contribution in [3.63, 3.8) is 0 Å². The lowest BCUT2D eigenvalue weighted by Crippen LogP contribution is -2.10. The summed E-state index contributed by atoms with van der Waals surface area (Å²) < 4.78 is 5.15. The zero-order valence-electron chi connectivity index (χ0n) is 5.22. The fourth-order valence-corrected chi connectivity index (χ4v) is 2.00. The Kier molecular flexibility index (Phi) is 2.70. The predicted molar refractivity (Wildman–Crippen MR) is 37.1 cm³/mol. The van der Waals surface area contributed by atoms with Gasteiger partial charge in [0.05, 0.1) is 0 Å². The van der Waals surface area contributed by atoms with E-state index in [1.165, 1.54) is 25.0 Å². The van der Waals surface area contributed by atoms with Crippen LogP contribution in [-0.2, 0) is 4.74 Å². The van der Waals surface area contributed by atoms with Crippen LogP contribution in [0, 0.1) is 0 Å². The number of rotatable bonds is 1. The second kappa shape index (κ2) is 3.36. The summed E-state index contributed by atoms with van der Waals surface area (Å²) >= 11 is 1.94. The minimum Gasteiger partial charge on any atom is -0.371 e. The summed E-state index contributed by atoms with van der Waals surface area (Å²) in [7, 11) is 1.79. The van der Waals surface area contributed by atoms with Crippen molar-refractivity contribution < 1.29 is 4.74 Å². The Morgan fingerprint density at radius 1 is 1.50 bits per heavy atom. The zero-order chi connectivity index (χ0) is 5.82. The summed E-state index contributed by atoms with van der Waals surface area (Å²) in [5, 5.41) is 0. The number of ether oxygens (including phenoxy) is 1. The molecule has 2 heteroatoms. The topological polar surface area (TPSA) is 9.23 Å². The molecular weight excluding hydrogens is 120 g/mol. The second-order valence-electron chi connectivity index (χ2n) is 2.03. The number of hydrogen-bond acceptors (Lipinski definition) is 2. The first-order chi connectivity index (χ1) is 3.93. The van der Waals surface area contributed by atoms with E-state index < -0.39 is 0 Å². The highest BCUT2D eigenvalue weighted by Crippen LogP contribution is 2.24. The van der Waals surface area contributed by atoms with E-state index in [4.69, 9.17) is 4.74 Å². The van der Waals surface area contributed by atoms with Crippen LogP contribution in [0.4, 0.5) is 0 Å². The maximum absolute atomic E-state index is 5.15. The molecule has 0 aromatic heterocycles. The highest BCUT2D eigenvalue weighted by atomic mass is 32.2. The summed E-state index contributed by atoms with van der Waals surface area (Å²) in [4.78, 5) is 0. The van der Waals surface area contributed by atoms with Gasteiger partial charge >= 0.3 is 0 Å². The molecule has 0 radical (unpaired) electrons. The Morgan fingerprint density at radius 3 is 2.75 bits per heavy atom. The molecule has 0 saturated carbocycles. The molecule has 1 heterocycles. The van der Waals surface area contributed by atoms with Crippen LogP contribution in [0.1, 0.15) is 19.3 Å². The second-order valence-corrected chi connectivity index (χ2v) is 3.30. The number of thioether (sulfide) groups is 1. The van der Waals surface area contributed by atoms with Crippen molar-refractivity contribution in [3.05, 3.63) is 0 Å². The highest BCUT2D eigenvalue weighted by molar-refractivity contribution is 7.99. The normalized spacial score (nSPS) is 30.4. The van der Waals surface area contributed by atoms with Crippen LogP contribution < -0.4 is 0 Å². The van der Waals surface area contributed by atoms with Gasteiger partial charge in [0.15, 0.2) is 0 Å². The zero-order valence-corrected chi connectivity index (χ0v) is 6.04. The van der Waals surface area contributed by atoms with E-state index >= 15 is 0 Å². The molecule has 0 aliphatic carbocycles. The standard InChI is InChI=1S/C6H12OS/c1-7-6-4-2-3-5-8-6/h6H,2-5H2,1H3/t6-/m0/s1. The van der Waals surface area contributed by atoms with Crippen molar-refractivity contribution in [1.29, 1.82) is 0 Å². The smallest absolute Gasteiger partial charge is 0.102 e. The highest BCUT2D eigenvalue weighted by Gasteiger charge is 2.11. The molecule has 0 amide bonds. The van der Waals surface area contributed by atoms with Crippen LogP contribution in [0.25, 0.3) is 0 Å². The SMILES string of the molecule is CO[C@@H]1CCCCS1. The van der Waals surface area contributed by atoms with E-state index in [9.17, 15) is 0 Å². The molecule has 48 valence electrons. The molecule has 0 aromatic rings. The van der Waals surface area contributed by atoms with Crippen molar-refractivity contribution in [2.75, 3.05) is 12.9 Å². The summed E-state index contributed by atoms with van der Waals surface area (Å²) in [5.41, 5.74) is 0.503. The molecule has 0 aromatic carbocycles. The molecule has 0 bridgehead atoms. The Labute approximate surface area is 54.8 Å². The van der Waals surface area contributed by atoms with E-state index in [2.05, 4.69) is 0 Å². The molecule has 1 atom stereocenters. The molecule has 8 heavy (non-hydrogen) atoms. The third-order valence-corrected chi connectivity index (χ3v) is 2.73. The third kappa shape index (κ3) is 1.67. The van der Waals surface area contributed by atoms with Crippen LogP contribution in [0.15, 0.2) is 0 Å². The summed E-state index contributed by atoms with van der Waals surface area (Å²) in [6.07, 6.45) is 3.98. The Hall–Kier alpha value is 0.310. The molecule has 1 nitrogen and oxygen atoms in total. The van der Waals surface area contributed by atoms with E-state index in [0.29, 0.717) is 5.44 Å². The predicted octanol–water partition coefficient (Wildman–Crippen LogP) is 1.88. The van der Waals surface area contributed by atoms with Gasteiger partial charge in [-0.2, -0.15) is 0 Å². The minimum atomic E-state index is 0.503. The quantitative estimate of drug-likeness (QED) is 0.538. The fraction of sp³-hybridized carbons (Fsp3) is 1.00. The van der Waals surface area contributed by atoms with Gasteiger partial charge in [0, 0.05) is 7.11 Å². The van der Waals surface area contributed by atoms with E-state index in [0.717, 1.165) is 0 Å². The van der Waals surface area contributed by atoms with Crippen LogP contribution >= 0.6 is 11.8 Å². The molecule has 1 rings (SSSR count). The van der Waals surface area contributed by atoms with Crippen molar-refractivity contribution in [3.8, 4) is 0 Å². The average molecular weight is 132 g/mol. The fourth-order valence-electron chi connectivity index (χ4n) is 0.897. The first-order valence-electron chi connectivity index (χ1n) is 3.08. The van der Waals surface area contributed by atoms with Crippen molar-refractivity contribution in [1.82, 2.24) is 0 Å². The van der Waals surface area contributed by atoms with Gasteiger partial charge in [0.25, 0.3) is 0 Å². The van der Waals surface area contributed by atoms with Crippen LogP contribution in [-0.4, -0.2) is 18.3 Å². The van der Waals surface area contributed by atoms with Crippen molar-refractivity contribution >= 4 is 11.8 Å². The molecule has 0 N–H and O–H groups in total. The lowest BCUT2D eigenvalue weighted by molar-refractivity contribution is 0.160. The average Bonchev–Trinajstić information content (AvgIpc) is 1.90. The molecule has 0 unspecified atom stereocenters. The maximum Gasteiger partial charge on any atom is 0.102 e. The summed E-state index contributed by atoms with van der Waals surface area (Å²) in [5.74, 6) is 1.29. The Morgan fingerprint density at radius 2 is 2.38 bits per heavy atom. The summed E-state index contributed by atoms with van der Waals surface area (Å²) in [6.45, 7) is 0. The van der Waals surface area contributed by atoms with Gasteiger partial charge in [-0.3, -0.25) is 0 Å². The first kappa shape index (κ1) is 6.43. The van der Waals surface area contributed by atoms with Gasteiger partial charge in [0.1, 0.15) is 5.44 Å². The van der Waals surface area contributed by atoms with Gasteiger partial charge in [-0.05, 0) is 25.0 Å². The lowest BCUT2D eigenvalue weighted by Gasteiger charge is -2.18. The molecule has 1 aliphatic heterocycles. The van der Waals surface area contributed by atoms with Crippen LogP contribution in [0.5, 0.6) is 0 Å². The monoisotopic (exact) mass is 132 g/mol. The lowest BCUT2D eigenvalue weighted by atomic mass is 10.2. The minimum absolute atomic E-state index is 0.503. The van der Waals surface area contributed by atoms with Gasteiger partial charge in [-0.15, -0.1) is 11.8 Å². The number of methoxy groups -OCH3 is 1. The molecule has 1 saturated heterocycles. The van der Waals surface area contributed by atoms with Gasteiger partial charge in [0.2, 0.25) is 0 Å². The van der Waals surface area contributed by atoms with E-state index in [-0.39, 0.29) is 0 Å². The summed E-state index contributed by atoms with van der Waals surface area (Å²) in [6, 6.07) is 0. The molecule has 1 fully saturated rings. The maximum atomic E-state index is 5.15. The Bertz CT molecular complexity index is 59.5. The van der Waals surface area contributed by atoms with E-state index in [1.807, 2.05) is 11.8 Å². The van der Waals surface area contributed by atoms with Gasteiger partial charge in [-0.1, -0.05) is 0 Å². The van der Waals surface area contributed by atoms with E-state index in [1.54, 1.807) is 7.11 Å². The van der Waals surface area contributed by atoms with Crippen molar-refractivity contribution in [2.45, 2.75) is 24.7 Å². The first-order valence-corrected chi connectivity index (χ1v) is 4.13. The van der Waals surface area contributed by atoms with Crippen molar-refractivity contribution in [2.24, 2.45) is 0 Å². The van der Waals surface area contributed by atoms with Gasteiger partial charge in [-0.25, -0.2) is 0 Å². The third-order valence-electron chi connectivity index (χ3n) is 1.40. The van der Waals surface area contributed by atoms with Gasteiger partial charge < -0.3 is 4.74 Å². The van der Waals surface area contributed by atoms with Crippen LogP contribution in [0.3, 0.4) is 0 Å². The number of hydrogen-bond donors (Lipinski definition) is 0. The Balaban J connectivity index is 2.13. The van der Waals surface area contributed by atoms with Crippen LogP contribution in [0.2, 0.25) is 0 Å². The molecular formula is C6H12OS. The molecule has 1 aliphatic rings.